The van der Waals surface area contributed by atoms with E-state index in [0.29, 0.717) is 17.9 Å². The molecule has 1 rings (SSSR count). The fourth-order valence-electron chi connectivity index (χ4n) is 1.24. The summed E-state index contributed by atoms with van der Waals surface area (Å²) < 4.78 is 5.25. The molecule has 1 atom stereocenters. The molecular weight excluding hydrogens is 194 g/mol. The SMILES string of the molecule is CCOc1cncc(C(O)C(C)(C)O)c1. The first-order valence-electron chi connectivity index (χ1n) is 4.93. The Balaban J connectivity index is 2.90. The molecule has 1 aromatic rings. The van der Waals surface area contributed by atoms with E-state index in [4.69, 9.17) is 4.74 Å². The molecule has 0 aliphatic carbocycles. The minimum Gasteiger partial charge on any atom is -0.492 e. The number of aliphatic hydroxyl groups excluding tert-OH is 1. The molecule has 0 saturated heterocycles. The second-order valence-electron chi connectivity index (χ2n) is 3.94. The molecule has 0 bridgehead atoms. The summed E-state index contributed by atoms with van der Waals surface area (Å²) in [6.07, 6.45) is 2.13. The van der Waals surface area contributed by atoms with Gasteiger partial charge in [0.15, 0.2) is 0 Å². The van der Waals surface area contributed by atoms with Crippen molar-refractivity contribution in [2.24, 2.45) is 0 Å². The number of aliphatic hydroxyl groups is 2. The number of ether oxygens (including phenoxy) is 1. The van der Waals surface area contributed by atoms with Gasteiger partial charge in [0, 0.05) is 11.8 Å². The lowest BCUT2D eigenvalue weighted by Gasteiger charge is -2.24. The smallest absolute Gasteiger partial charge is 0.137 e. The van der Waals surface area contributed by atoms with Crippen molar-refractivity contribution in [2.45, 2.75) is 32.5 Å². The van der Waals surface area contributed by atoms with Crippen LogP contribution in [0.3, 0.4) is 0 Å². The first-order valence-corrected chi connectivity index (χ1v) is 4.93. The molecule has 84 valence electrons. The number of rotatable bonds is 4. The zero-order valence-corrected chi connectivity index (χ0v) is 9.27. The molecule has 0 fully saturated rings. The quantitative estimate of drug-likeness (QED) is 0.787. The lowest BCUT2D eigenvalue weighted by atomic mass is 9.96. The van der Waals surface area contributed by atoms with Crippen LogP contribution in [0.1, 0.15) is 32.4 Å². The van der Waals surface area contributed by atoms with Gasteiger partial charge in [0.2, 0.25) is 0 Å². The molecule has 0 aliphatic rings. The zero-order chi connectivity index (χ0) is 11.5. The first-order chi connectivity index (χ1) is 6.95. The standard InChI is InChI=1S/C11H17NO3/c1-4-15-9-5-8(6-12-7-9)10(13)11(2,3)14/h5-7,10,13-14H,4H2,1-3H3. The number of hydrogen-bond acceptors (Lipinski definition) is 4. The van der Waals surface area contributed by atoms with Crippen LogP contribution in [0.4, 0.5) is 0 Å². The summed E-state index contributed by atoms with van der Waals surface area (Å²) in [4.78, 5) is 3.94. The van der Waals surface area contributed by atoms with Gasteiger partial charge in [-0.2, -0.15) is 0 Å². The summed E-state index contributed by atoms with van der Waals surface area (Å²) in [6, 6.07) is 1.68. The summed E-state index contributed by atoms with van der Waals surface area (Å²) in [6.45, 7) is 5.51. The average molecular weight is 211 g/mol. The van der Waals surface area contributed by atoms with E-state index in [1.807, 2.05) is 6.92 Å². The molecule has 0 amide bonds. The van der Waals surface area contributed by atoms with Crippen molar-refractivity contribution < 1.29 is 14.9 Å². The summed E-state index contributed by atoms with van der Waals surface area (Å²) in [5, 5.41) is 19.4. The maximum Gasteiger partial charge on any atom is 0.137 e. The van der Waals surface area contributed by atoms with E-state index in [-0.39, 0.29) is 0 Å². The minimum absolute atomic E-state index is 0.545. The van der Waals surface area contributed by atoms with Gasteiger partial charge >= 0.3 is 0 Å². The molecule has 2 N–H and O–H groups in total. The molecule has 0 radical (unpaired) electrons. The number of aromatic nitrogens is 1. The van der Waals surface area contributed by atoms with E-state index >= 15 is 0 Å². The Hall–Kier alpha value is -1.13. The molecule has 1 heterocycles. The third-order valence-corrected chi connectivity index (χ3v) is 2.03. The van der Waals surface area contributed by atoms with Crippen molar-refractivity contribution in [2.75, 3.05) is 6.61 Å². The largest absolute Gasteiger partial charge is 0.492 e. The lowest BCUT2D eigenvalue weighted by Crippen LogP contribution is -2.28. The van der Waals surface area contributed by atoms with Gasteiger partial charge in [-0.3, -0.25) is 4.98 Å². The van der Waals surface area contributed by atoms with Crippen LogP contribution in [0.15, 0.2) is 18.5 Å². The second kappa shape index (κ2) is 4.59. The van der Waals surface area contributed by atoms with Crippen LogP contribution in [0.25, 0.3) is 0 Å². The van der Waals surface area contributed by atoms with Crippen LogP contribution >= 0.6 is 0 Å². The number of pyridine rings is 1. The van der Waals surface area contributed by atoms with Crippen molar-refractivity contribution >= 4 is 0 Å². The summed E-state index contributed by atoms with van der Waals surface area (Å²) in [5.41, 5.74) is -0.638. The maximum atomic E-state index is 9.80. The Labute approximate surface area is 89.5 Å². The Morgan fingerprint density at radius 1 is 1.47 bits per heavy atom. The van der Waals surface area contributed by atoms with Crippen LogP contribution in [0, 0.1) is 0 Å². The number of hydrogen-bond donors (Lipinski definition) is 2. The van der Waals surface area contributed by atoms with E-state index in [2.05, 4.69) is 4.98 Å². The monoisotopic (exact) mass is 211 g/mol. The fraction of sp³-hybridized carbons (Fsp3) is 0.545. The van der Waals surface area contributed by atoms with Gasteiger partial charge in [0.25, 0.3) is 0 Å². The Kier molecular flexibility index (Phi) is 3.66. The van der Waals surface area contributed by atoms with Crippen molar-refractivity contribution in [3.63, 3.8) is 0 Å². The molecular formula is C11H17NO3. The van der Waals surface area contributed by atoms with Crippen LogP contribution in [-0.2, 0) is 0 Å². The molecule has 4 heteroatoms. The Morgan fingerprint density at radius 3 is 2.67 bits per heavy atom. The Morgan fingerprint density at radius 2 is 2.13 bits per heavy atom. The molecule has 0 aromatic carbocycles. The Bertz CT molecular complexity index is 320. The van der Waals surface area contributed by atoms with Crippen molar-refractivity contribution in [1.29, 1.82) is 0 Å². The lowest BCUT2D eigenvalue weighted by molar-refractivity contribution is -0.0499. The van der Waals surface area contributed by atoms with Gasteiger partial charge in [-0.1, -0.05) is 0 Å². The summed E-state index contributed by atoms with van der Waals surface area (Å²) >= 11 is 0. The van der Waals surface area contributed by atoms with Gasteiger partial charge in [0.05, 0.1) is 18.4 Å². The zero-order valence-electron chi connectivity index (χ0n) is 9.27. The molecule has 1 aromatic heterocycles. The third kappa shape index (κ3) is 3.18. The molecule has 4 nitrogen and oxygen atoms in total. The summed E-state index contributed by atoms with van der Waals surface area (Å²) in [5.74, 6) is 0.596. The van der Waals surface area contributed by atoms with Crippen molar-refractivity contribution in [1.82, 2.24) is 4.98 Å². The average Bonchev–Trinajstić information content (AvgIpc) is 2.16. The van der Waals surface area contributed by atoms with Crippen molar-refractivity contribution in [3.8, 4) is 5.75 Å². The van der Waals surface area contributed by atoms with Gasteiger partial charge in [-0.15, -0.1) is 0 Å². The maximum absolute atomic E-state index is 9.80. The van der Waals surface area contributed by atoms with E-state index in [9.17, 15) is 10.2 Å². The molecule has 0 aliphatic heterocycles. The van der Waals surface area contributed by atoms with E-state index in [1.54, 1.807) is 26.1 Å². The minimum atomic E-state index is -1.19. The van der Waals surface area contributed by atoms with E-state index in [1.165, 1.54) is 6.20 Å². The highest BCUT2D eigenvalue weighted by molar-refractivity contribution is 5.26. The van der Waals surface area contributed by atoms with E-state index in [0.717, 1.165) is 0 Å². The third-order valence-electron chi connectivity index (χ3n) is 2.03. The topological polar surface area (TPSA) is 62.6 Å². The summed E-state index contributed by atoms with van der Waals surface area (Å²) in [7, 11) is 0. The van der Waals surface area contributed by atoms with Crippen LogP contribution in [0.5, 0.6) is 5.75 Å². The highest BCUT2D eigenvalue weighted by atomic mass is 16.5. The van der Waals surface area contributed by atoms with Gasteiger partial charge in [-0.25, -0.2) is 0 Å². The fourth-order valence-corrected chi connectivity index (χ4v) is 1.24. The van der Waals surface area contributed by atoms with Gasteiger partial charge < -0.3 is 14.9 Å². The highest BCUT2D eigenvalue weighted by Gasteiger charge is 2.26. The number of nitrogens with zero attached hydrogens (tertiary/aromatic N) is 1. The predicted molar refractivity (Wildman–Crippen MR) is 56.7 cm³/mol. The molecule has 15 heavy (non-hydrogen) atoms. The highest BCUT2D eigenvalue weighted by Crippen LogP contribution is 2.26. The van der Waals surface area contributed by atoms with Crippen molar-refractivity contribution in [3.05, 3.63) is 24.0 Å². The van der Waals surface area contributed by atoms with Crippen LogP contribution in [0.2, 0.25) is 0 Å². The van der Waals surface area contributed by atoms with Crippen LogP contribution < -0.4 is 4.74 Å². The molecule has 0 saturated carbocycles. The van der Waals surface area contributed by atoms with Crippen LogP contribution in [-0.4, -0.2) is 27.4 Å². The predicted octanol–water partition coefficient (Wildman–Crippen LogP) is 1.28. The second-order valence-corrected chi connectivity index (χ2v) is 3.94. The first kappa shape index (κ1) is 11.9. The molecule has 1 unspecified atom stereocenters. The molecule has 0 spiro atoms. The van der Waals surface area contributed by atoms with E-state index < -0.39 is 11.7 Å². The normalized spacial score (nSPS) is 13.7. The van der Waals surface area contributed by atoms with Gasteiger partial charge in [-0.05, 0) is 26.8 Å². The van der Waals surface area contributed by atoms with Gasteiger partial charge in [0.1, 0.15) is 11.9 Å².